The molecular formula is C10H11N3O6. The molecule has 102 valence electrons. The van der Waals surface area contributed by atoms with E-state index in [1.54, 1.807) is 0 Å². The molecule has 0 aromatic heterocycles. The summed E-state index contributed by atoms with van der Waals surface area (Å²) in [5.74, 6) is -1.70. The van der Waals surface area contributed by atoms with Gasteiger partial charge in [-0.1, -0.05) is 6.07 Å². The summed E-state index contributed by atoms with van der Waals surface area (Å²) in [4.78, 5) is 36.8. The quantitative estimate of drug-likeness (QED) is 0.540. The van der Waals surface area contributed by atoms with Gasteiger partial charge in [-0.2, -0.15) is 0 Å². The van der Waals surface area contributed by atoms with Gasteiger partial charge in [-0.05, 0) is 6.07 Å². The SMILES string of the molecule is COc1cccc([N+](=O)[O-])c1C(=O)NOCC(N)=O. The van der Waals surface area contributed by atoms with E-state index in [-0.39, 0.29) is 11.3 Å². The molecule has 0 radical (unpaired) electrons. The summed E-state index contributed by atoms with van der Waals surface area (Å²) in [5.41, 5.74) is 5.93. The maximum atomic E-state index is 11.8. The van der Waals surface area contributed by atoms with Crippen LogP contribution in [-0.2, 0) is 9.63 Å². The first kappa shape index (κ1) is 14.4. The Hall–Kier alpha value is -2.68. The van der Waals surface area contributed by atoms with Crippen LogP contribution in [0.5, 0.6) is 5.75 Å². The highest BCUT2D eigenvalue weighted by atomic mass is 16.7. The number of nitro benzene ring substituents is 1. The second-order valence-electron chi connectivity index (χ2n) is 3.30. The first-order chi connectivity index (χ1) is 8.97. The number of hydrogen-bond acceptors (Lipinski definition) is 6. The van der Waals surface area contributed by atoms with Gasteiger partial charge < -0.3 is 10.5 Å². The van der Waals surface area contributed by atoms with Gasteiger partial charge in [-0.15, -0.1) is 0 Å². The van der Waals surface area contributed by atoms with E-state index >= 15 is 0 Å². The normalized spacial score (nSPS) is 9.74. The molecular weight excluding hydrogens is 258 g/mol. The van der Waals surface area contributed by atoms with Crippen LogP contribution in [0.3, 0.4) is 0 Å². The van der Waals surface area contributed by atoms with Crippen molar-refractivity contribution in [2.45, 2.75) is 0 Å². The lowest BCUT2D eigenvalue weighted by Crippen LogP contribution is -2.30. The maximum Gasteiger partial charge on any atom is 0.286 e. The summed E-state index contributed by atoms with van der Waals surface area (Å²) in [6.07, 6.45) is 0. The monoisotopic (exact) mass is 269 g/mol. The van der Waals surface area contributed by atoms with Gasteiger partial charge in [0.1, 0.15) is 5.75 Å². The third-order valence-electron chi connectivity index (χ3n) is 2.03. The summed E-state index contributed by atoms with van der Waals surface area (Å²) in [6.45, 7) is -0.547. The molecule has 0 unspecified atom stereocenters. The second kappa shape index (κ2) is 6.31. The molecule has 3 N–H and O–H groups in total. The molecule has 0 aliphatic carbocycles. The minimum Gasteiger partial charge on any atom is -0.496 e. The van der Waals surface area contributed by atoms with E-state index in [1.165, 1.54) is 19.2 Å². The lowest BCUT2D eigenvalue weighted by molar-refractivity contribution is -0.385. The maximum absolute atomic E-state index is 11.8. The topological polar surface area (TPSA) is 134 Å². The molecule has 9 heteroatoms. The first-order valence-electron chi connectivity index (χ1n) is 4.99. The van der Waals surface area contributed by atoms with E-state index in [4.69, 9.17) is 10.5 Å². The summed E-state index contributed by atoms with van der Waals surface area (Å²) in [6, 6.07) is 3.90. The van der Waals surface area contributed by atoms with Gasteiger partial charge in [-0.25, -0.2) is 5.48 Å². The fraction of sp³-hybridized carbons (Fsp3) is 0.200. The van der Waals surface area contributed by atoms with Crippen LogP contribution in [0.1, 0.15) is 10.4 Å². The van der Waals surface area contributed by atoms with Crippen molar-refractivity contribution in [1.29, 1.82) is 0 Å². The van der Waals surface area contributed by atoms with Crippen LogP contribution in [-0.4, -0.2) is 30.5 Å². The summed E-state index contributed by atoms with van der Waals surface area (Å²) >= 11 is 0. The number of carbonyl (C=O) groups is 2. The molecule has 9 nitrogen and oxygen atoms in total. The second-order valence-corrected chi connectivity index (χ2v) is 3.30. The van der Waals surface area contributed by atoms with Crippen LogP contribution < -0.4 is 16.0 Å². The molecule has 0 aliphatic heterocycles. The number of methoxy groups -OCH3 is 1. The zero-order valence-electron chi connectivity index (χ0n) is 9.91. The Labute approximate surface area is 107 Å². The van der Waals surface area contributed by atoms with E-state index in [0.717, 1.165) is 6.07 Å². The van der Waals surface area contributed by atoms with Crippen molar-refractivity contribution in [3.8, 4) is 5.75 Å². The molecule has 0 aliphatic rings. The summed E-state index contributed by atoms with van der Waals surface area (Å²) < 4.78 is 4.87. The molecule has 1 aromatic carbocycles. The number of rotatable bonds is 6. The highest BCUT2D eigenvalue weighted by Crippen LogP contribution is 2.27. The van der Waals surface area contributed by atoms with Gasteiger partial charge in [0.25, 0.3) is 11.6 Å². The Morgan fingerprint density at radius 2 is 2.16 bits per heavy atom. The number of nitrogens with zero attached hydrogens (tertiary/aromatic N) is 1. The molecule has 1 rings (SSSR count). The van der Waals surface area contributed by atoms with Crippen molar-refractivity contribution < 1.29 is 24.1 Å². The van der Waals surface area contributed by atoms with Crippen molar-refractivity contribution in [1.82, 2.24) is 5.48 Å². The smallest absolute Gasteiger partial charge is 0.286 e. The number of benzene rings is 1. The molecule has 0 fully saturated rings. The molecule has 0 saturated heterocycles. The predicted molar refractivity (Wildman–Crippen MR) is 62.3 cm³/mol. The Kier molecular flexibility index (Phi) is 4.77. The van der Waals surface area contributed by atoms with Crippen molar-refractivity contribution in [2.75, 3.05) is 13.7 Å². The van der Waals surface area contributed by atoms with Gasteiger partial charge in [0, 0.05) is 6.07 Å². The molecule has 0 atom stereocenters. The number of hydroxylamine groups is 1. The van der Waals surface area contributed by atoms with Gasteiger partial charge in [0.15, 0.2) is 12.2 Å². The molecule has 1 aromatic rings. The Bertz CT molecular complexity index is 516. The molecule has 0 heterocycles. The van der Waals surface area contributed by atoms with Crippen molar-refractivity contribution in [3.63, 3.8) is 0 Å². The molecule has 0 bridgehead atoms. The summed E-state index contributed by atoms with van der Waals surface area (Å²) in [5, 5.41) is 10.8. The zero-order chi connectivity index (χ0) is 14.4. The minimum absolute atomic E-state index is 0.00868. The molecule has 2 amide bonds. The van der Waals surface area contributed by atoms with Crippen LogP contribution in [0, 0.1) is 10.1 Å². The van der Waals surface area contributed by atoms with Gasteiger partial charge >= 0.3 is 0 Å². The number of nitrogens with one attached hydrogen (secondary N) is 1. The van der Waals surface area contributed by atoms with Crippen molar-refractivity contribution in [2.24, 2.45) is 5.73 Å². The number of ether oxygens (including phenoxy) is 1. The van der Waals surface area contributed by atoms with Gasteiger partial charge in [-0.3, -0.25) is 24.5 Å². The van der Waals surface area contributed by atoms with E-state index in [9.17, 15) is 19.7 Å². The number of nitro groups is 1. The van der Waals surface area contributed by atoms with E-state index in [1.807, 2.05) is 5.48 Å². The fourth-order valence-electron chi connectivity index (χ4n) is 1.29. The van der Waals surface area contributed by atoms with Crippen LogP contribution in [0.15, 0.2) is 18.2 Å². The van der Waals surface area contributed by atoms with Crippen LogP contribution in [0.2, 0.25) is 0 Å². The third-order valence-corrected chi connectivity index (χ3v) is 2.03. The van der Waals surface area contributed by atoms with Gasteiger partial charge in [0.2, 0.25) is 5.91 Å². The number of hydrogen-bond donors (Lipinski definition) is 2. The highest BCUT2D eigenvalue weighted by Gasteiger charge is 2.25. The van der Waals surface area contributed by atoms with Crippen LogP contribution >= 0.6 is 0 Å². The van der Waals surface area contributed by atoms with Gasteiger partial charge in [0.05, 0.1) is 12.0 Å². The average molecular weight is 269 g/mol. The minimum atomic E-state index is -0.912. The lowest BCUT2D eigenvalue weighted by atomic mass is 10.1. The van der Waals surface area contributed by atoms with E-state index < -0.39 is 29.0 Å². The third kappa shape index (κ3) is 3.64. The number of carbonyl (C=O) groups excluding carboxylic acids is 2. The summed E-state index contributed by atoms with van der Waals surface area (Å²) in [7, 11) is 1.26. The number of nitrogens with two attached hydrogens (primary N) is 1. The van der Waals surface area contributed by atoms with Crippen molar-refractivity contribution in [3.05, 3.63) is 33.9 Å². The molecule has 19 heavy (non-hydrogen) atoms. The fourth-order valence-corrected chi connectivity index (χ4v) is 1.29. The Balaban J connectivity index is 2.99. The van der Waals surface area contributed by atoms with E-state index in [2.05, 4.69) is 4.84 Å². The first-order valence-corrected chi connectivity index (χ1v) is 4.99. The molecule has 0 spiro atoms. The highest BCUT2D eigenvalue weighted by molar-refractivity contribution is 6.00. The lowest BCUT2D eigenvalue weighted by Gasteiger charge is -2.08. The standard InChI is InChI=1S/C10H11N3O6/c1-18-7-4-2-3-6(13(16)17)9(7)10(15)12-19-5-8(11)14/h2-4H,5H2,1H3,(H2,11,14)(H,12,15). The Morgan fingerprint density at radius 3 is 2.68 bits per heavy atom. The largest absolute Gasteiger partial charge is 0.496 e. The van der Waals surface area contributed by atoms with E-state index in [0.29, 0.717) is 0 Å². The van der Waals surface area contributed by atoms with Crippen LogP contribution in [0.25, 0.3) is 0 Å². The van der Waals surface area contributed by atoms with Crippen LogP contribution in [0.4, 0.5) is 5.69 Å². The predicted octanol–water partition coefficient (Wildman–Crippen LogP) is -0.250. The molecule has 0 saturated carbocycles. The Morgan fingerprint density at radius 1 is 1.47 bits per heavy atom. The zero-order valence-corrected chi connectivity index (χ0v) is 9.91. The van der Waals surface area contributed by atoms with Crippen molar-refractivity contribution >= 4 is 17.5 Å². The number of primary amides is 1. The average Bonchev–Trinajstić information content (AvgIpc) is 2.36. The number of amides is 2.